The van der Waals surface area contributed by atoms with E-state index in [1.54, 1.807) is 6.07 Å². The van der Waals surface area contributed by atoms with Crippen LogP contribution >= 0.6 is 11.8 Å². The maximum atomic E-state index is 11.7. The van der Waals surface area contributed by atoms with Crippen LogP contribution in [0.5, 0.6) is 17.2 Å². The minimum Gasteiger partial charge on any atom is -0.493 e. The first kappa shape index (κ1) is 28.0. The number of aliphatic carboxylic acids is 1. The molecule has 0 heterocycles. The molecule has 13 heteroatoms. The number of carboxylic acids is 1. The Hall–Kier alpha value is -3.58. The van der Waals surface area contributed by atoms with Crippen molar-refractivity contribution >= 4 is 29.1 Å². The number of carboxylic acid groups (broad SMARTS) is 1. The van der Waals surface area contributed by atoms with Crippen molar-refractivity contribution in [1.29, 1.82) is 0 Å². The van der Waals surface area contributed by atoms with E-state index in [1.807, 2.05) is 0 Å². The molecule has 1 unspecified atom stereocenters. The van der Waals surface area contributed by atoms with Gasteiger partial charge in [-0.25, -0.2) is 0 Å². The van der Waals surface area contributed by atoms with Crippen LogP contribution < -0.4 is 19.5 Å². The maximum absolute atomic E-state index is 11.7. The number of hydrogen-bond donors (Lipinski definition) is 2. The maximum Gasteiger partial charge on any atom is 0.306 e. The molecule has 1 aliphatic carbocycles. The quantitative estimate of drug-likeness (QED) is 0.231. The van der Waals surface area contributed by atoms with Gasteiger partial charge in [0.1, 0.15) is 0 Å². The Kier molecular flexibility index (Phi) is 9.53. The highest BCUT2D eigenvalue weighted by molar-refractivity contribution is 7.99. The Labute approximate surface area is 217 Å². The highest BCUT2D eigenvalue weighted by atomic mass is 32.2. The molecule has 0 radical (unpaired) electrons. The van der Waals surface area contributed by atoms with Gasteiger partial charge < -0.3 is 24.6 Å². The number of benzene rings is 2. The number of nitro groups is 2. The van der Waals surface area contributed by atoms with Crippen LogP contribution in [0.15, 0.2) is 34.1 Å². The van der Waals surface area contributed by atoms with Gasteiger partial charge >= 0.3 is 5.97 Å². The summed E-state index contributed by atoms with van der Waals surface area (Å²) >= 11 is 1.07. The van der Waals surface area contributed by atoms with Crippen LogP contribution in [0.4, 0.5) is 11.4 Å². The summed E-state index contributed by atoms with van der Waals surface area (Å²) in [6.45, 7) is 0.315. The van der Waals surface area contributed by atoms with Crippen LogP contribution in [-0.2, 0) is 11.3 Å². The molecule has 200 valence electrons. The number of nitro benzene ring substituents is 2. The van der Waals surface area contributed by atoms with E-state index in [0.29, 0.717) is 53.5 Å². The molecule has 2 atom stereocenters. The fourth-order valence-corrected chi connectivity index (χ4v) is 5.48. The second-order valence-electron chi connectivity index (χ2n) is 8.51. The Morgan fingerprint density at radius 3 is 2.32 bits per heavy atom. The highest BCUT2D eigenvalue weighted by Crippen LogP contribution is 2.48. The minimum absolute atomic E-state index is 0.0775. The van der Waals surface area contributed by atoms with Crippen molar-refractivity contribution in [2.75, 3.05) is 21.3 Å². The molecule has 0 aromatic heterocycles. The van der Waals surface area contributed by atoms with Gasteiger partial charge in [0, 0.05) is 29.1 Å². The van der Waals surface area contributed by atoms with E-state index in [9.17, 15) is 30.1 Å². The van der Waals surface area contributed by atoms with Crippen LogP contribution in [0.1, 0.15) is 37.7 Å². The predicted octanol–water partition coefficient (Wildman–Crippen LogP) is 4.80. The topological polar surface area (TPSA) is 163 Å². The van der Waals surface area contributed by atoms with Gasteiger partial charge in [-0.3, -0.25) is 25.0 Å². The van der Waals surface area contributed by atoms with Gasteiger partial charge in [-0.1, -0.05) is 18.2 Å². The Balaban J connectivity index is 1.99. The number of carbonyl (C=O) groups is 1. The van der Waals surface area contributed by atoms with Crippen molar-refractivity contribution in [2.24, 2.45) is 5.92 Å². The summed E-state index contributed by atoms with van der Waals surface area (Å²) in [6.07, 6.45) is 3.51. The molecule has 1 saturated carbocycles. The Morgan fingerprint density at radius 2 is 1.73 bits per heavy atom. The molecule has 2 aromatic rings. The Bertz CT molecular complexity index is 1170. The average molecular weight is 536 g/mol. The number of nitrogens with zero attached hydrogens (tertiary/aromatic N) is 2. The second-order valence-corrected chi connectivity index (χ2v) is 9.60. The van der Waals surface area contributed by atoms with Crippen molar-refractivity contribution in [1.82, 2.24) is 5.32 Å². The standard InChI is InChI=1S/C24H29N3O9S/c1-34-19-12-21(37-20-10-9-16(26(30)31)11-18(20)27(32)33)17(22(35-2)23(19)36-3)13-25-15-6-4-5-14(7-8-15)24(28)29/h9-12,14-15,25H,4-8,13H2,1-3H3,(H,28,29)/t14?,15-/m1/s1. The first-order valence-electron chi connectivity index (χ1n) is 11.6. The van der Waals surface area contributed by atoms with Gasteiger partial charge in [0.2, 0.25) is 5.75 Å². The lowest BCUT2D eigenvalue weighted by Crippen LogP contribution is -2.28. The van der Waals surface area contributed by atoms with Gasteiger partial charge in [-0.2, -0.15) is 0 Å². The van der Waals surface area contributed by atoms with Gasteiger partial charge in [0.15, 0.2) is 11.5 Å². The monoisotopic (exact) mass is 535 g/mol. The fraction of sp³-hybridized carbons (Fsp3) is 0.458. The lowest BCUT2D eigenvalue weighted by atomic mass is 10.0. The SMILES string of the molecule is COc1cc(Sc2ccc([N+](=O)[O-])cc2[N+](=O)[O-])c(CN[C@@H]2CCCC(C(=O)O)CC2)c(OC)c1OC. The number of hydrogen-bond acceptors (Lipinski definition) is 10. The van der Waals surface area contributed by atoms with Gasteiger partial charge in [0.25, 0.3) is 11.4 Å². The zero-order chi connectivity index (χ0) is 27.1. The summed E-state index contributed by atoms with van der Waals surface area (Å²) in [5.41, 5.74) is -0.108. The lowest BCUT2D eigenvalue weighted by Gasteiger charge is -2.22. The summed E-state index contributed by atoms with van der Waals surface area (Å²) in [7, 11) is 4.41. The molecule has 3 rings (SSSR count). The third-order valence-electron chi connectivity index (χ3n) is 6.35. The summed E-state index contributed by atoms with van der Waals surface area (Å²) < 4.78 is 16.7. The fourth-order valence-electron chi connectivity index (χ4n) is 4.42. The van der Waals surface area contributed by atoms with Crippen molar-refractivity contribution in [2.45, 2.75) is 54.5 Å². The van der Waals surface area contributed by atoms with Crippen molar-refractivity contribution in [3.63, 3.8) is 0 Å². The number of nitrogens with one attached hydrogen (secondary N) is 1. The molecule has 2 aromatic carbocycles. The van der Waals surface area contributed by atoms with Crippen LogP contribution in [0, 0.1) is 26.1 Å². The lowest BCUT2D eigenvalue weighted by molar-refractivity contribution is -0.396. The smallest absolute Gasteiger partial charge is 0.306 e. The zero-order valence-electron chi connectivity index (χ0n) is 20.7. The van der Waals surface area contributed by atoms with E-state index in [1.165, 1.54) is 33.5 Å². The third kappa shape index (κ3) is 6.60. The van der Waals surface area contributed by atoms with Crippen LogP contribution in [0.3, 0.4) is 0 Å². The first-order chi connectivity index (χ1) is 17.7. The molecule has 0 aliphatic heterocycles. The largest absolute Gasteiger partial charge is 0.493 e. The van der Waals surface area contributed by atoms with Gasteiger partial charge in [-0.05, 0) is 37.8 Å². The first-order valence-corrected chi connectivity index (χ1v) is 12.4. The number of non-ortho nitro benzene ring substituents is 1. The number of methoxy groups -OCH3 is 3. The Morgan fingerprint density at radius 1 is 1.00 bits per heavy atom. The molecule has 37 heavy (non-hydrogen) atoms. The normalized spacial score (nSPS) is 17.5. The van der Waals surface area contributed by atoms with Crippen LogP contribution in [0.25, 0.3) is 0 Å². The molecule has 12 nitrogen and oxygen atoms in total. The average Bonchev–Trinajstić information content (AvgIpc) is 3.13. The minimum atomic E-state index is -0.773. The molecular formula is C24H29N3O9S. The van der Waals surface area contributed by atoms with Crippen LogP contribution in [0.2, 0.25) is 0 Å². The van der Waals surface area contributed by atoms with Gasteiger partial charge in [0.05, 0.1) is 48.1 Å². The predicted molar refractivity (Wildman–Crippen MR) is 135 cm³/mol. The van der Waals surface area contributed by atoms with Crippen molar-refractivity contribution in [3.8, 4) is 17.2 Å². The second kappa shape index (κ2) is 12.6. The van der Waals surface area contributed by atoms with E-state index in [4.69, 9.17) is 14.2 Å². The van der Waals surface area contributed by atoms with Crippen LogP contribution in [-0.4, -0.2) is 48.3 Å². The molecule has 0 amide bonds. The highest BCUT2D eigenvalue weighted by Gasteiger charge is 2.27. The molecule has 0 spiro atoms. The summed E-state index contributed by atoms with van der Waals surface area (Å²) in [4.78, 5) is 33.7. The third-order valence-corrected chi connectivity index (χ3v) is 7.50. The molecular weight excluding hydrogens is 506 g/mol. The summed E-state index contributed by atoms with van der Waals surface area (Å²) in [6, 6.07) is 5.26. The van der Waals surface area contributed by atoms with Crippen molar-refractivity contribution < 1.29 is 34.0 Å². The van der Waals surface area contributed by atoms with E-state index in [0.717, 1.165) is 30.7 Å². The molecule has 1 aliphatic rings. The van der Waals surface area contributed by atoms with E-state index >= 15 is 0 Å². The molecule has 0 bridgehead atoms. The van der Waals surface area contributed by atoms with Crippen molar-refractivity contribution in [3.05, 3.63) is 50.1 Å². The zero-order valence-corrected chi connectivity index (χ0v) is 21.5. The number of rotatable bonds is 11. The molecule has 1 fully saturated rings. The van der Waals surface area contributed by atoms with Gasteiger partial charge in [-0.15, -0.1) is 0 Å². The molecule has 0 saturated heterocycles. The van der Waals surface area contributed by atoms with E-state index in [-0.39, 0.29) is 22.5 Å². The number of ether oxygens (including phenoxy) is 3. The van der Waals surface area contributed by atoms with E-state index < -0.39 is 21.5 Å². The summed E-state index contributed by atoms with van der Waals surface area (Å²) in [5.74, 6) is -0.0228. The van der Waals surface area contributed by atoms with E-state index in [2.05, 4.69) is 5.32 Å². The molecule has 2 N–H and O–H groups in total. The summed E-state index contributed by atoms with van der Waals surface area (Å²) in [5, 5.41) is 35.7.